The zero-order valence-corrected chi connectivity index (χ0v) is 13.4. The molecular formula is C19H18N4O. The fourth-order valence-corrected chi connectivity index (χ4v) is 2.68. The molecule has 0 amide bonds. The predicted octanol–water partition coefficient (Wildman–Crippen LogP) is 3.84. The van der Waals surface area contributed by atoms with Crippen LogP contribution in [0, 0.1) is 0 Å². The van der Waals surface area contributed by atoms with Crippen molar-refractivity contribution >= 4 is 5.65 Å². The van der Waals surface area contributed by atoms with Gasteiger partial charge >= 0.3 is 0 Å². The number of imidazole rings is 1. The van der Waals surface area contributed by atoms with E-state index < -0.39 is 0 Å². The van der Waals surface area contributed by atoms with Gasteiger partial charge in [0.1, 0.15) is 5.65 Å². The molecule has 0 bridgehead atoms. The van der Waals surface area contributed by atoms with E-state index in [0.29, 0.717) is 12.4 Å². The van der Waals surface area contributed by atoms with Crippen LogP contribution in [0.15, 0.2) is 71.5 Å². The molecule has 5 nitrogen and oxygen atoms in total. The van der Waals surface area contributed by atoms with E-state index in [9.17, 15) is 0 Å². The van der Waals surface area contributed by atoms with Crippen LogP contribution >= 0.6 is 0 Å². The molecule has 0 saturated carbocycles. The van der Waals surface area contributed by atoms with E-state index in [0.717, 1.165) is 22.7 Å². The van der Waals surface area contributed by atoms with Crippen molar-refractivity contribution in [2.24, 2.45) is 0 Å². The number of nitrogens with zero attached hydrogens (tertiary/aromatic N) is 3. The minimum absolute atomic E-state index is 0.0109. The van der Waals surface area contributed by atoms with Crippen molar-refractivity contribution in [1.29, 1.82) is 0 Å². The average molecular weight is 318 g/mol. The quantitative estimate of drug-likeness (QED) is 0.607. The fourth-order valence-electron chi connectivity index (χ4n) is 2.68. The lowest BCUT2D eigenvalue weighted by Crippen LogP contribution is -2.19. The van der Waals surface area contributed by atoms with Gasteiger partial charge in [-0.1, -0.05) is 36.4 Å². The molecule has 0 aliphatic rings. The van der Waals surface area contributed by atoms with Crippen molar-refractivity contribution in [3.05, 3.63) is 78.7 Å². The van der Waals surface area contributed by atoms with Gasteiger partial charge in [0.05, 0.1) is 24.1 Å². The molecule has 1 aromatic carbocycles. The van der Waals surface area contributed by atoms with E-state index in [4.69, 9.17) is 4.42 Å². The Morgan fingerprint density at radius 3 is 2.75 bits per heavy atom. The largest absolute Gasteiger partial charge is 0.439 e. The first kappa shape index (κ1) is 14.7. The molecule has 1 unspecified atom stereocenters. The Hall–Kier alpha value is -2.92. The maximum atomic E-state index is 5.89. The standard InChI is InChI=1S/C19H18N4O/c1-14(19-22-13-17(24-19)15-7-3-2-4-8-15)20-11-16-12-21-18-9-5-6-10-23(16)18/h2-10,12-14,20H,11H2,1H3. The van der Waals surface area contributed by atoms with Crippen LogP contribution < -0.4 is 5.32 Å². The number of oxazole rings is 1. The molecular weight excluding hydrogens is 300 g/mol. The molecule has 1 atom stereocenters. The number of hydrogen-bond acceptors (Lipinski definition) is 4. The van der Waals surface area contributed by atoms with Crippen LogP contribution in [0.5, 0.6) is 0 Å². The van der Waals surface area contributed by atoms with Crippen LogP contribution in [-0.4, -0.2) is 14.4 Å². The van der Waals surface area contributed by atoms with Crippen molar-refractivity contribution in [2.45, 2.75) is 19.5 Å². The van der Waals surface area contributed by atoms with Crippen LogP contribution in [0.2, 0.25) is 0 Å². The highest BCUT2D eigenvalue weighted by molar-refractivity contribution is 5.55. The number of pyridine rings is 1. The Balaban J connectivity index is 1.47. The van der Waals surface area contributed by atoms with Crippen molar-refractivity contribution in [3.63, 3.8) is 0 Å². The van der Waals surface area contributed by atoms with E-state index in [2.05, 4.69) is 19.7 Å². The van der Waals surface area contributed by atoms with E-state index in [1.807, 2.05) is 67.8 Å². The summed E-state index contributed by atoms with van der Waals surface area (Å²) in [5, 5.41) is 3.44. The number of nitrogens with one attached hydrogen (secondary N) is 1. The molecule has 5 heteroatoms. The number of benzene rings is 1. The van der Waals surface area contributed by atoms with Crippen LogP contribution in [0.25, 0.3) is 17.0 Å². The summed E-state index contributed by atoms with van der Waals surface area (Å²) in [6.07, 6.45) is 5.68. The molecule has 0 spiro atoms. The molecule has 4 aromatic rings. The van der Waals surface area contributed by atoms with Crippen LogP contribution in [0.1, 0.15) is 24.6 Å². The zero-order valence-electron chi connectivity index (χ0n) is 13.4. The second-order valence-corrected chi connectivity index (χ2v) is 5.71. The molecule has 3 aromatic heterocycles. The molecule has 0 fully saturated rings. The third kappa shape index (κ3) is 2.81. The first-order valence-corrected chi connectivity index (χ1v) is 7.97. The minimum Gasteiger partial charge on any atom is -0.439 e. The summed E-state index contributed by atoms with van der Waals surface area (Å²) >= 11 is 0. The Morgan fingerprint density at radius 2 is 1.88 bits per heavy atom. The Labute approximate surface area is 140 Å². The molecule has 0 saturated heterocycles. The van der Waals surface area contributed by atoms with E-state index in [1.54, 1.807) is 6.20 Å². The number of rotatable bonds is 5. The van der Waals surface area contributed by atoms with Gasteiger partial charge in [0.2, 0.25) is 5.89 Å². The molecule has 0 aliphatic carbocycles. The Morgan fingerprint density at radius 1 is 1.04 bits per heavy atom. The monoisotopic (exact) mass is 318 g/mol. The molecule has 4 rings (SSSR count). The second kappa shape index (κ2) is 6.29. The maximum absolute atomic E-state index is 5.89. The highest BCUT2D eigenvalue weighted by Crippen LogP contribution is 2.22. The topological polar surface area (TPSA) is 55.4 Å². The molecule has 120 valence electrons. The van der Waals surface area contributed by atoms with Gasteiger partial charge in [0.15, 0.2) is 5.76 Å². The highest BCUT2D eigenvalue weighted by Gasteiger charge is 2.13. The summed E-state index contributed by atoms with van der Waals surface area (Å²) in [4.78, 5) is 8.80. The minimum atomic E-state index is 0.0109. The third-order valence-corrected chi connectivity index (χ3v) is 4.04. The van der Waals surface area contributed by atoms with E-state index in [1.165, 1.54) is 0 Å². The maximum Gasteiger partial charge on any atom is 0.211 e. The van der Waals surface area contributed by atoms with Gasteiger partial charge in [-0.15, -0.1) is 0 Å². The summed E-state index contributed by atoms with van der Waals surface area (Å²) in [7, 11) is 0. The number of fused-ring (bicyclic) bond motifs is 1. The van der Waals surface area contributed by atoms with Gasteiger partial charge in [0.25, 0.3) is 0 Å². The van der Waals surface area contributed by atoms with Crippen molar-refractivity contribution < 1.29 is 4.42 Å². The number of hydrogen-bond donors (Lipinski definition) is 1. The molecule has 24 heavy (non-hydrogen) atoms. The first-order chi connectivity index (χ1) is 11.8. The summed E-state index contributed by atoms with van der Waals surface area (Å²) < 4.78 is 7.97. The third-order valence-electron chi connectivity index (χ3n) is 4.04. The van der Waals surface area contributed by atoms with Gasteiger partial charge in [-0.25, -0.2) is 9.97 Å². The lowest BCUT2D eigenvalue weighted by atomic mass is 10.2. The summed E-state index contributed by atoms with van der Waals surface area (Å²) in [6, 6.07) is 16.0. The molecule has 0 radical (unpaired) electrons. The van der Waals surface area contributed by atoms with E-state index >= 15 is 0 Å². The molecule has 1 N–H and O–H groups in total. The van der Waals surface area contributed by atoms with E-state index in [-0.39, 0.29) is 6.04 Å². The molecule has 3 heterocycles. The molecule has 0 aliphatic heterocycles. The normalized spacial score (nSPS) is 12.5. The van der Waals surface area contributed by atoms with Gasteiger partial charge in [-0.3, -0.25) is 0 Å². The predicted molar refractivity (Wildman–Crippen MR) is 92.4 cm³/mol. The summed E-state index contributed by atoms with van der Waals surface area (Å²) in [5.41, 5.74) is 3.09. The van der Waals surface area contributed by atoms with Gasteiger partial charge < -0.3 is 14.1 Å². The smallest absolute Gasteiger partial charge is 0.211 e. The van der Waals surface area contributed by atoms with Crippen LogP contribution in [0.4, 0.5) is 0 Å². The van der Waals surface area contributed by atoms with Gasteiger partial charge in [-0.2, -0.15) is 0 Å². The highest BCUT2D eigenvalue weighted by atomic mass is 16.4. The van der Waals surface area contributed by atoms with Gasteiger partial charge in [0, 0.05) is 18.3 Å². The Bertz CT molecular complexity index is 942. The number of aromatic nitrogens is 3. The SMILES string of the molecule is CC(NCc1cnc2ccccn12)c1ncc(-c2ccccc2)o1. The van der Waals surface area contributed by atoms with Crippen LogP contribution in [-0.2, 0) is 6.54 Å². The summed E-state index contributed by atoms with van der Waals surface area (Å²) in [5.74, 6) is 1.47. The fraction of sp³-hybridized carbons (Fsp3) is 0.158. The van der Waals surface area contributed by atoms with Crippen molar-refractivity contribution in [2.75, 3.05) is 0 Å². The van der Waals surface area contributed by atoms with Gasteiger partial charge in [-0.05, 0) is 19.1 Å². The lowest BCUT2D eigenvalue weighted by molar-refractivity contribution is 0.420. The Kier molecular flexibility index (Phi) is 3.84. The van der Waals surface area contributed by atoms with Crippen LogP contribution in [0.3, 0.4) is 0 Å². The van der Waals surface area contributed by atoms with Crippen molar-refractivity contribution in [3.8, 4) is 11.3 Å². The first-order valence-electron chi connectivity index (χ1n) is 7.97. The zero-order chi connectivity index (χ0) is 16.4. The average Bonchev–Trinajstić information content (AvgIpc) is 3.28. The van der Waals surface area contributed by atoms with Crippen molar-refractivity contribution in [1.82, 2.24) is 19.7 Å². The summed E-state index contributed by atoms with van der Waals surface area (Å²) in [6.45, 7) is 2.74. The lowest BCUT2D eigenvalue weighted by Gasteiger charge is -2.10. The second-order valence-electron chi connectivity index (χ2n) is 5.71.